The average Bonchev–Trinajstić information content (AvgIpc) is 1.86. The molecule has 6 heavy (non-hydrogen) atoms. The van der Waals surface area contributed by atoms with Gasteiger partial charge in [-0.15, -0.1) is 0 Å². The second-order valence-electron chi connectivity index (χ2n) is 0.965. The van der Waals surface area contributed by atoms with E-state index in [-0.39, 0.29) is 0 Å². The normalized spacial score (nSPS) is 8.83. The zero-order valence-corrected chi connectivity index (χ0v) is 4.10. The summed E-state index contributed by atoms with van der Waals surface area (Å²) in [7, 11) is 3.21. The maximum Gasteiger partial charge on any atom is 0.0984 e. The first-order valence-electron chi connectivity index (χ1n) is 1.59. The number of rotatable bonds is 0. The molecule has 0 aromatic carbocycles. The Balaban J connectivity index is 3.05. The minimum atomic E-state index is 0.912. The summed E-state index contributed by atoms with van der Waals surface area (Å²) in [6.07, 6.45) is 3.30. The molecular formula is C3H3N2Si. The number of imidazole rings is 1. The number of hydrogen-bond donors (Lipinski definition) is 1. The van der Waals surface area contributed by atoms with Crippen LogP contribution in [0.1, 0.15) is 0 Å². The molecule has 3 radical (unpaired) electrons. The Labute approximate surface area is 39.0 Å². The van der Waals surface area contributed by atoms with E-state index >= 15 is 0 Å². The van der Waals surface area contributed by atoms with Crippen LogP contribution in [0.3, 0.4) is 0 Å². The van der Waals surface area contributed by atoms with Crippen LogP contribution in [-0.4, -0.2) is 20.2 Å². The fourth-order valence-corrected chi connectivity index (χ4v) is 0.395. The second kappa shape index (κ2) is 1.26. The lowest BCUT2D eigenvalue weighted by atomic mass is 10.9. The number of aromatic amines is 1. The van der Waals surface area contributed by atoms with E-state index in [1.54, 1.807) is 12.5 Å². The molecule has 2 nitrogen and oxygen atoms in total. The third kappa shape index (κ3) is 0.489. The second-order valence-corrected chi connectivity index (χ2v) is 1.50. The number of nitrogens with one attached hydrogen (secondary N) is 1. The molecule has 3 heteroatoms. The van der Waals surface area contributed by atoms with Crippen LogP contribution in [0, 0.1) is 0 Å². The molecule has 1 heterocycles. The molecule has 0 unspecified atom stereocenters. The molecule has 29 valence electrons. The van der Waals surface area contributed by atoms with Gasteiger partial charge < -0.3 is 4.98 Å². The predicted molar refractivity (Wildman–Crippen MR) is 24.0 cm³/mol. The summed E-state index contributed by atoms with van der Waals surface area (Å²) in [5, 5.41) is 0.912. The largest absolute Gasteiger partial charge is 0.353 e. The van der Waals surface area contributed by atoms with E-state index in [0.29, 0.717) is 0 Å². The molecule has 0 saturated heterocycles. The maximum absolute atomic E-state index is 3.72. The van der Waals surface area contributed by atoms with Crippen molar-refractivity contribution in [3.63, 3.8) is 0 Å². The summed E-state index contributed by atoms with van der Waals surface area (Å²) in [4.78, 5) is 6.52. The quantitative estimate of drug-likeness (QED) is 0.420. The average molecular weight is 95.2 g/mol. The fraction of sp³-hybridized carbons (Fsp3) is 0. The highest BCUT2D eigenvalue weighted by Gasteiger charge is 1.74. The molecule has 0 atom stereocenters. The van der Waals surface area contributed by atoms with Gasteiger partial charge in [0.25, 0.3) is 0 Å². The Morgan fingerprint density at radius 3 is 2.83 bits per heavy atom. The maximum atomic E-state index is 3.72. The van der Waals surface area contributed by atoms with Crippen LogP contribution in [0.4, 0.5) is 0 Å². The topological polar surface area (TPSA) is 28.7 Å². The van der Waals surface area contributed by atoms with Crippen molar-refractivity contribution in [2.75, 3.05) is 0 Å². The highest BCUT2D eigenvalue weighted by atomic mass is 28.1. The van der Waals surface area contributed by atoms with E-state index in [1.165, 1.54) is 0 Å². The molecule has 0 aliphatic heterocycles. The molecule has 0 aliphatic rings. The first-order valence-corrected chi connectivity index (χ1v) is 2.09. The molecule has 1 aromatic heterocycles. The van der Waals surface area contributed by atoms with Crippen LogP contribution in [-0.2, 0) is 0 Å². The van der Waals surface area contributed by atoms with Crippen LogP contribution >= 0.6 is 0 Å². The Hall–Kier alpha value is -0.573. The minimum absolute atomic E-state index is 0.912. The van der Waals surface area contributed by atoms with Crippen LogP contribution in [0.5, 0.6) is 0 Å². The van der Waals surface area contributed by atoms with Crippen molar-refractivity contribution in [1.29, 1.82) is 0 Å². The molecule has 0 saturated carbocycles. The lowest BCUT2D eigenvalue weighted by molar-refractivity contribution is 1.32. The highest BCUT2D eigenvalue weighted by molar-refractivity contribution is 6.30. The van der Waals surface area contributed by atoms with Gasteiger partial charge in [0.15, 0.2) is 0 Å². The molecular weight excluding hydrogens is 92.1 g/mol. The minimum Gasteiger partial charge on any atom is -0.353 e. The van der Waals surface area contributed by atoms with E-state index in [1.807, 2.05) is 0 Å². The Morgan fingerprint density at radius 1 is 1.83 bits per heavy atom. The van der Waals surface area contributed by atoms with Gasteiger partial charge in [-0.2, -0.15) is 0 Å². The summed E-state index contributed by atoms with van der Waals surface area (Å²) < 4.78 is 0. The van der Waals surface area contributed by atoms with Gasteiger partial charge in [0.05, 0.1) is 16.6 Å². The van der Waals surface area contributed by atoms with Crippen LogP contribution in [0.25, 0.3) is 0 Å². The SMILES string of the molecule is [Si]c1cnc[nH]1. The summed E-state index contributed by atoms with van der Waals surface area (Å²) in [6, 6.07) is 0. The summed E-state index contributed by atoms with van der Waals surface area (Å²) in [5.41, 5.74) is 0. The van der Waals surface area contributed by atoms with Crippen LogP contribution < -0.4 is 5.32 Å². The third-order valence-electron chi connectivity index (χ3n) is 0.498. The van der Waals surface area contributed by atoms with Crippen molar-refractivity contribution < 1.29 is 0 Å². The zero-order chi connectivity index (χ0) is 4.41. The van der Waals surface area contributed by atoms with E-state index < -0.39 is 0 Å². The van der Waals surface area contributed by atoms with Crippen molar-refractivity contribution in [2.45, 2.75) is 0 Å². The molecule has 0 amide bonds. The van der Waals surface area contributed by atoms with Gasteiger partial charge in [0, 0.05) is 11.5 Å². The van der Waals surface area contributed by atoms with Gasteiger partial charge in [-0.3, -0.25) is 0 Å². The summed E-state index contributed by atoms with van der Waals surface area (Å²) >= 11 is 0. The summed E-state index contributed by atoms with van der Waals surface area (Å²) in [5.74, 6) is 0. The third-order valence-corrected chi connectivity index (χ3v) is 0.772. The number of aromatic nitrogens is 2. The van der Waals surface area contributed by atoms with Crippen molar-refractivity contribution in [3.8, 4) is 0 Å². The molecule has 0 bridgehead atoms. The van der Waals surface area contributed by atoms with Gasteiger partial charge in [0.2, 0.25) is 0 Å². The van der Waals surface area contributed by atoms with Gasteiger partial charge in [-0.05, 0) is 0 Å². The fourth-order valence-electron chi connectivity index (χ4n) is 0.256. The molecule has 1 N–H and O–H groups in total. The van der Waals surface area contributed by atoms with Gasteiger partial charge in [-0.25, -0.2) is 4.98 Å². The first-order chi connectivity index (χ1) is 2.89. The monoisotopic (exact) mass is 95.0 g/mol. The standard InChI is InChI=1S/C3H3N2Si/c6-3-1-4-2-5-3/h1-2H,(H,4,5). The Kier molecular flexibility index (Phi) is 0.758. The van der Waals surface area contributed by atoms with Gasteiger partial charge in [0.1, 0.15) is 0 Å². The highest BCUT2D eigenvalue weighted by Crippen LogP contribution is 1.58. The van der Waals surface area contributed by atoms with Crippen LogP contribution in [0.15, 0.2) is 12.5 Å². The number of H-pyrrole nitrogens is 1. The number of nitrogens with zero attached hydrogens (tertiary/aromatic N) is 1. The van der Waals surface area contributed by atoms with E-state index in [4.69, 9.17) is 0 Å². The number of hydrogen-bond acceptors (Lipinski definition) is 1. The van der Waals surface area contributed by atoms with E-state index in [9.17, 15) is 0 Å². The van der Waals surface area contributed by atoms with E-state index in [0.717, 1.165) is 5.32 Å². The molecule has 0 aliphatic carbocycles. The lowest BCUT2D eigenvalue weighted by Crippen LogP contribution is -1.99. The lowest BCUT2D eigenvalue weighted by Gasteiger charge is -1.67. The van der Waals surface area contributed by atoms with E-state index in [2.05, 4.69) is 20.2 Å². The first kappa shape index (κ1) is 3.61. The van der Waals surface area contributed by atoms with Gasteiger partial charge >= 0.3 is 0 Å². The van der Waals surface area contributed by atoms with Crippen molar-refractivity contribution >= 4 is 15.6 Å². The van der Waals surface area contributed by atoms with Gasteiger partial charge in [-0.1, -0.05) is 0 Å². The van der Waals surface area contributed by atoms with Crippen molar-refractivity contribution in [2.24, 2.45) is 0 Å². The predicted octanol–water partition coefficient (Wildman–Crippen LogP) is -0.796. The summed E-state index contributed by atoms with van der Waals surface area (Å²) in [6.45, 7) is 0. The molecule has 1 aromatic rings. The van der Waals surface area contributed by atoms with Crippen molar-refractivity contribution in [1.82, 2.24) is 9.97 Å². The Morgan fingerprint density at radius 2 is 2.67 bits per heavy atom. The molecule has 0 fully saturated rings. The van der Waals surface area contributed by atoms with Crippen LogP contribution in [0.2, 0.25) is 0 Å². The molecule has 0 spiro atoms. The smallest absolute Gasteiger partial charge is 0.0984 e. The Bertz CT molecular complexity index is 112. The molecule has 1 rings (SSSR count). The van der Waals surface area contributed by atoms with Crippen molar-refractivity contribution in [3.05, 3.63) is 12.5 Å². The zero-order valence-electron chi connectivity index (χ0n) is 3.10.